The fourth-order valence-electron chi connectivity index (χ4n) is 1.99. The standard InChI is InChI=1S/C16H16F3NO/c1-3-21-15-14(16(17,18)19)9-13(10-20-15)8-12-6-4-11(2)5-7-12/h4-7,9-10H,3,8H2,1-2H3. The maximum atomic E-state index is 13.0. The van der Waals surface area contributed by atoms with Crippen LogP contribution in [-0.4, -0.2) is 11.6 Å². The van der Waals surface area contributed by atoms with Gasteiger partial charge < -0.3 is 4.74 Å². The molecule has 1 aromatic carbocycles. The van der Waals surface area contributed by atoms with E-state index >= 15 is 0 Å². The second-order valence-electron chi connectivity index (χ2n) is 4.79. The molecule has 0 N–H and O–H groups in total. The number of rotatable bonds is 4. The lowest BCUT2D eigenvalue weighted by molar-refractivity contribution is -0.139. The Labute approximate surface area is 121 Å². The number of halogens is 3. The zero-order chi connectivity index (χ0) is 15.5. The van der Waals surface area contributed by atoms with Crippen molar-refractivity contribution in [2.75, 3.05) is 6.61 Å². The summed E-state index contributed by atoms with van der Waals surface area (Å²) in [6, 6.07) is 8.78. The molecule has 0 amide bonds. The Hall–Kier alpha value is -2.04. The summed E-state index contributed by atoms with van der Waals surface area (Å²) in [5.41, 5.74) is 1.74. The van der Waals surface area contributed by atoms with E-state index in [1.54, 1.807) is 6.92 Å². The van der Waals surface area contributed by atoms with Gasteiger partial charge in [0.2, 0.25) is 5.88 Å². The van der Waals surface area contributed by atoms with E-state index in [9.17, 15) is 13.2 Å². The highest BCUT2D eigenvalue weighted by Crippen LogP contribution is 2.35. The van der Waals surface area contributed by atoms with Gasteiger partial charge in [-0.2, -0.15) is 13.2 Å². The second-order valence-corrected chi connectivity index (χ2v) is 4.79. The van der Waals surface area contributed by atoms with Crippen LogP contribution in [0.5, 0.6) is 5.88 Å². The van der Waals surface area contributed by atoms with E-state index in [2.05, 4.69) is 4.98 Å². The van der Waals surface area contributed by atoms with Crippen molar-refractivity contribution in [3.05, 3.63) is 58.8 Å². The zero-order valence-electron chi connectivity index (χ0n) is 11.9. The molecule has 2 rings (SSSR count). The monoisotopic (exact) mass is 295 g/mol. The highest BCUT2D eigenvalue weighted by Gasteiger charge is 2.35. The van der Waals surface area contributed by atoms with Crippen LogP contribution in [0.2, 0.25) is 0 Å². The van der Waals surface area contributed by atoms with E-state index < -0.39 is 11.7 Å². The van der Waals surface area contributed by atoms with Gasteiger partial charge in [-0.3, -0.25) is 0 Å². The maximum absolute atomic E-state index is 13.0. The van der Waals surface area contributed by atoms with Crippen LogP contribution < -0.4 is 4.74 Å². The Morgan fingerprint density at radius 1 is 1.10 bits per heavy atom. The molecule has 0 radical (unpaired) electrons. The number of aromatic nitrogens is 1. The van der Waals surface area contributed by atoms with Crippen molar-refractivity contribution in [2.24, 2.45) is 0 Å². The third-order valence-corrected chi connectivity index (χ3v) is 3.02. The lowest BCUT2D eigenvalue weighted by atomic mass is 10.0. The minimum atomic E-state index is -4.47. The van der Waals surface area contributed by atoms with Crippen LogP contribution in [0.1, 0.15) is 29.2 Å². The van der Waals surface area contributed by atoms with Crippen LogP contribution in [0.15, 0.2) is 36.5 Å². The Bertz CT molecular complexity index is 606. The van der Waals surface area contributed by atoms with Crippen molar-refractivity contribution in [1.82, 2.24) is 4.98 Å². The first kappa shape index (κ1) is 15.4. The molecule has 0 aliphatic heterocycles. The molecule has 112 valence electrons. The van der Waals surface area contributed by atoms with E-state index in [0.29, 0.717) is 12.0 Å². The molecule has 5 heteroatoms. The Morgan fingerprint density at radius 2 is 1.76 bits per heavy atom. The van der Waals surface area contributed by atoms with Crippen molar-refractivity contribution in [3.63, 3.8) is 0 Å². The molecule has 0 saturated heterocycles. The van der Waals surface area contributed by atoms with E-state index in [1.165, 1.54) is 6.20 Å². The SMILES string of the molecule is CCOc1ncc(Cc2ccc(C)cc2)cc1C(F)(F)F. The summed E-state index contributed by atoms with van der Waals surface area (Å²) in [5.74, 6) is -0.363. The van der Waals surface area contributed by atoms with Gasteiger partial charge in [0.25, 0.3) is 0 Å². The van der Waals surface area contributed by atoms with Crippen molar-refractivity contribution < 1.29 is 17.9 Å². The molecule has 0 aliphatic carbocycles. The summed E-state index contributed by atoms with van der Waals surface area (Å²) in [4.78, 5) is 3.81. The zero-order valence-corrected chi connectivity index (χ0v) is 11.9. The van der Waals surface area contributed by atoms with Gasteiger partial charge >= 0.3 is 6.18 Å². The molecule has 21 heavy (non-hydrogen) atoms. The van der Waals surface area contributed by atoms with Gasteiger partial charge in [0.05, 0.1) is 6.61 Å². The van der Waals surface area contributed by atoms with Crippen LogP contribution in [-0.2, 0) is 12.6 Å². The van der Waals surface area contributed by atoms with Crippen molar-refractivity contribution in [1.29, 1.82) is 0 Å². The molecule has 0 bridgehead atoms. The first-order valence-corrected chi connectivity index (χ1v) is 6.64. The van der Waals surface area contributed by atoms with Crippen LogP contribution in [0.3, 0.4) is 0 Å². The Kier molecular flexibility index (Phi) is 4.50. The molecule has 1 aromatic heterocycles. The van der Waals surface area contributed by atoms with Gasteiger partial charge in [-0.05, 0) is 37.5 Å². The molecular weight excluding hydrogens is 279 g/mol. The highest BCUT2D eigenvalue weighted by atomic mass is 19.4. The van der Waals surface area contributed by atoms with Gasteiger partial charge in [0, 0.05) is 6.20 Å². The molecule has 0 atom stereocenters. The normalized spacial score (nSPS) is 11.5. The van der Waals surface area contributed by atoms with Crippen molar-refractivity contribution >= 4 is 0 Å². The predicted octanol–water partition coefficient (Wildman–Crippen LogP) is 4.40. The lowest BCUT2D eigenvalue weighted by Gasteiger charge is -2.13. The van der Waals surface area contributed by atoms with Gasteiger partial charge in [-0.25, -0.2) is 4.98 Å². The summed E-state index contributed by atoms with van der Waals surface area (Å²) < 4.78 is 44.0. The van der Waals surface area contributed by atoms with E-state index in [1.807, 2.05) is 31.2 Å². The number of hydrogen-bond donors (Lipinski definition) is 0. The number of ether oxygens (including phenoxy) is 1. The number of aryl methyl sites for hydroxylation is 1. The Morgan fingerprint density at radius 3 is 2.33 bits per heavy atom. The van der Waals surface area contributed by atoms with E-state index in [4.69, 9.17) is 4.74 Å². The molecular formula is C16H16F3NO. The van der Waals surface area contributed by atoms with Crippen LogP contribution in [0.25, 0.3) is 0 Å². The van der Waals surface area contributed by atoms with Crippen molar-refractivity contribution in [3.8, 4) is 5.88 Å². The van der Waals surface area contributed by atoms with Crippen molar-refractivity contribution in [2.45, 2.75) is 26.4 Å². The topological polar surface area (TPSA) is 22.1 Å². The summed E-state index contributed by atoms with van der Waals surface area (Å²) in [5, 5.41) is 0. The number of nitrogens with zero attached hydrogens (tertiary/aromatic N) is 1. The summed E-state index contributed by atoms with van der Waals surface area (Å²) >= 11 is 0. The lowest BCUT2D eigenvalue weighted by Crippen LogP contribution is -2.11. The molecule has 0 saturated carbocycles. The van der Waals surface area contributed by atoms with Gasteiger partial charge in [0.15, 0.2) is 0 Å². The molecule has 2 nitrogen and oxygen atoms in total. The smallest absolute Gasteiger partial charge is 0.421 e. The Balaban J connectivity index is 2.31. The third-order valence-electron chi connectivity index (χ3n) is 3.02. The third kappa shape index (κ3) is 3.97. The van der Waals surface area contributed by atoms with Crippen LogP contribution in [0, 0.1) is 6.92 Å². The molecule has 0 spiro atoms. The van der Waals surface area contributed by atoms with Crippen LogP contribution in [0.4, 0.5) is 13.2 Å². The number of pyridine rings is 1. The minimum absolute atomic E-state index is 0.146. The van der Waals surface area contributed by atoms with Gasteiger partial charge in [-0.15, -0.1) is 0 Å². The predicted molar refractivity (Wildman–Crippen MR) is 74.4 cm³/mol. The molecule has 0 unspecified atom stereocenters. The quantitative estimate of drug-likeness (QED) is 0.834. The molecule has 1 heterocycles. The minimum Gasteiger partial charge on any atom is -0.478 e. The first-order valence-electron chi connectivity index (χ1n) is 6.64. The average Bonchev–Trinajstić information content (AvgIpc) is 2.42. The molecule has 2 aromatic rings. The van der Waals surface area contributed by atoms with Gasteiger partial charge in [-0.1, -0.05) is 29.8 Å². The summed E-state index contributed by atoms with van der Waals surface area (Å²) in [6.07, 6.45) is -2.64. The van der Waals surface area contributed by atoms with Gasteiger partial charge in [0.1, 0.15) is 5.56 Å². The summed E-state index contributed by atoms with van der Waals surface area (Å²) in [6.45, 7) is 3.74. The highest BCUT2D eigenvalue weighted by molar-refractivity contribution is 5.35. The second kappa shape index (κ2) is 6.16. The first-order chi connectivity index (χ1) is 9.90. The fourth-order valence-corrected chi connectivity index (χ4v) is 1.99. The number of benzene rings is 1. The van der Waals surface area contributed by atoms with E-state index in [0.717, 1.165) is 17.2 Å². The number of alkyl halides is 3. The maximum Gasteiger partial charge on any atom is 0.421 e. The van der Waals surface area contributed by atoms with E-state index in [-0.39, 0.29) is 12.5 Å². The molecule has 0 aliphatic rings. The van der Waals surface area contributed by atoms with Crippen LogP contribution >= 0.6 is 0 Å². The largest absolute Gasteiger partial charge is 0.478 e. The molecule has 0 fully saturated rings. The number of hydrogen-bond acceptors (Lipinski definition) is 2. The average molecular weight is 295 g/mol. The fraction of sp³-hybridized carbons (Fsp3) is 0.312. The summed E-state index contributed by atoms with van der Waals surface area (Å²) in [7, 11) is 0.